The van der Waals surface area contributed by atoms with E-state index >= 15 is 0 Å². The van der Waals surface area contributed by atoms with E-state index in [-0.39, 0.29) is 0 Å². The highest BCUT2D eigenvalue weighted by atomic mass is 32.1. The zero-order chi connectivity index (χ0) is 14.1. The average molecular weight is 309 g/mol. The molecule has 1 aliphatic carbocycles. The summed E-state index contributed by atoms with van der Waals surface area (Å²) in [6.07, 6.45) is 2.55. The van der Waals surface area contributed by atoms with Crippen molar-refractivity contribution >= 4 is 27.8 Å². The molecule has 20 heavy (non-hydrogen) atoms. The van der Waals surface area contributed by atoms with Crippen LogP contribution in [0.1, 0.15) is 43.3 Å². The van der Waals surface area contributed by atoms with Crippen LogP contribution in [0.5, 0.6) is 0 Å². The lowest BCUT2D eigenvalue weighted by Gasteiger charge is -2.04. The third-order valence-corrected chi connectivity index (χ3v) is 5.13. The van der Waals surface area contributed by atoms with Gasteiger partial charge in [0, 0.05) is 24.4 Å². The number of nitrogens with zero attached hydrogens (tertiary/aromatic N) is 2. The molecule has 0 aliphatic heterocycles. The first kappa shape index (κ1) is 14.0. The van der Waals surface area contributed by atoms with E-state index in [1.54, 1.807) is 29.8 Å². The second kappa shape index (κ2) is 5.79. The van der Waals surface area contributed by atoms with Gasteiger partial charge < -0.3 is 10.1 Å². The lowest BCUT2D eigenvalue weighted by molar-refractivity contribution is 0.182. The number of hydrogen-bond donors (Lipinski definition) is 1. The number of aromatic nitrogens is 2. The normalized spacial score (nSPS) is 15.0. The Hall–Kier alpha value is -0.980. The molecule has 0 atom stereocenters. The van der Waals surface area contributed by atoms with Crippen LogP contribution in [-0.2, 0) is 11.3 Å². The minimum absolute atomic E-state index is 0.399. The standard InChI is InChI=1S/C14H19N3OS2/c1-8(2)15-14-17-11(7-19-14)12-10(6-18-3)16-13(20-12)9-4-5-9/h7-9H,4-6H2,1-3H3,(H,15,17). The average Bonchev–Trinajstić information content (AvgIpc) is 3.01. The van der Waals surface area contributed by atoms with Gasteiger partial charge in [-0.3, -0.25) is 0 Å². The molecule has 4 nitrogen and oxygen atoms in total. The van der Waals surface area contributed by atoms with Crippen molar-refractivity contribution in [2.45, 2.75) is 45.3 Å². The van der Waals surface area contributed by atoms with Crippen LogP contribution >= 0.6 is 22.7 Å². The molecule has 1 saturated carbocycles. The van der Waals surface area contributed by atoms with Crippen molar-refractivity contribution in [2.75, 3.05) is 12.4 Å². The first-order chi connectivity index (χ1) is 9.67. The van der Waals surface area contributed by atoms with Crippen molar-refractivity contribution in [2.24, 2.45) is 0 Å². The molecule has 2 heterocycles. The van der Waals surface area contributed by atoms with Gasteiger partial charge in [0.25, 0.3) is 0 Å². The summed E-state index contributed by atoms with van der Waals surface area (Å²) in [7, 11) is 1.71. The Bertz CT molecular complexity index is 587. The van der Waals surface area contributed by atoms with Crippen LogP contribution in [0.15, 0.2) is 5.38 Å². The minimum atomic E-state index is 0.399. The fourth-order valence-corrected chi connectivity index (χ4v) is 4.12. The van der Waals surface area contributed by atoms with Gasteiger partial charge in [-0.05, 0) is 26.7 Å². The van der Waals surface area contributed by atoms with E-state index < -0.39 is 0 Å². The molecule has 0 amide bonds. The predicted octanol–water partition coefficient (Wildman–Crippen LogP) is 4.11. The summed E-state index contributed by atoms with van der Waals surface area (Å²) in [5, 5.41) is 7.67. The molecule has 2 aromatic rings. The summed E-state index contributed by atoms with van der Waals surface area (Å²) in [6, 6.07) is 0.399. The largest absolute Gasteiger partial charge is 0.378 e. The fourth-order valence-electron chi connectivity index (χ4n) is 2.00. The van der Waals surface area contributed by atoms with Crippen LogP contribution < -0.4 is 5.32 Å². The van der Waals surface area contributed by atoms with E-state index in [9.17, 15) is 0 Å². The number of thiazole rings is 2. The summed E-state index contributed by atoms with van der Waals surface area (Å²) in [6.45, 7) is 4.80. The molecule has 1 aliphatic rings. The second-order valence-electron chi connectivity index (χ2n) is 5.37. The van der Waals surface area contributed by atoms with Crippen LogP contribution in [0.2, 0.25) is 0 Å². The number of rotatable bonds is 6. The SMILES string of the molecule is COCc1nc(C2CC2)sc1-c1csc(NC(C)C)n1. The van der Waals surface area contributed by atoms with Crippen LogP contribution in [0.3, 0.4) is 0 Å². The first-order valence-electron chi connectivity index (χ1n) is 6.88. The Morgan fingerprint density at radius 2 is 2.20 bits per heavy atom. The van der Waals surface area contributed by atoms with Crippen molar-refractivity contribution in [3.8, 4) is 10.6 Å². The monoisotopic (exact) mass is 309 g/mol. The Kier molecular flexibility index (Phi) is 4.05. The maximum Gasteiger partial charge on any atom is 0.183 e. The number of methoxy groups -OCH3 is 1. The van der Waals surface area contributed by atoms with E-state index in [0.717, 1.165) is 16.5 Å². The van der Waals surface area contributed by atoms with Gasteiger partial charge in [0.1, 0.15) is 0 Å². The molecule has 1 N–H and O–H groups in total. The summed E-state index contributed by atoms with van der Waals surface area (Å²) >= 11 is 3.43. The lowest BCUT2D eigenvalue weighted by atomic mass is 10.3. The van der Waals surface area contributed by atoms with Gasteiger partial charge in [-0.1, -0.05) is 0 Å². The molecule has 108 valence electrons. The summed E-state index contributed by atoms with van der Waals surface area (Å²) < 4.78 is 5.28. The molecular formula is C14H19N3OS2. The van der Waals surface area contributed by atoms with E-state index in [4.69, 9.17) is 9.72 Å². The molecule has 0 aromatic carbocycles. The molecule has 1 fully saturated rings. The van der Waals surface area contributed by atoms with Gasteiger partial charge in [0.05, 0.1) is 27.9 Å². The highest BCUT2D eigenvalue weighted by Crippen LogP contribution is 2.45. The van der Waals surface area contributed by atoms with Crippen molar-refractivity contribution in [3.05, 3.63) is 16.1 Å². The third-order valence-electron chi connectivity index (χ3n) is 3.07. The molecule has 3 rings (SSSR count). The van der Waals surface area contributed by atoms with Gasteiger partial charge in [-0.25, -0.2) is 9.97 Å². The molecule has 0 saturated heterocycles. The highest BCUT2D eigenvalue weighted by Gasteiger charge is 2.29. The van der Waals surface area contributed by atoms with Crippen molar-refractivity contribution in [3.63, 3.8) is 0 Å². The molecule has 0 radical (unpaired) electrons. The van der Waals surface area contributed by atoms with Gasteiger partial charge in [0.2, 0.25) is 0 Å². The van der Waals surface area contributed by atoms with Crippen molar-refractivity contribution in [1.82, 2.24) is 9.97 Å². The molecule has 0 spiro atoms. The topological polar surface area (TPSA) is 47.0 Å². The zero-order valence-corrected chi connectivity index (χ0v) is 13.6. The third kappa shape index (κ3) is 3.02. The summed E-state index contributed by atoms with van der Waals surface area (Å²) in [5.74, 6) is 0.677. The van der Waals surface area contributed by atoms with Crippen LogP contribution in [0.4, 0.5) is 5.13 Å². The van der Waals surface area contributed by atoms with E-state index in [1.807, 2.05) is 0 Å². The van der Waals surface area contributed by atoms with Gasteiger partial charge in [0.15, 0.2) is 5.13 Å². The van der Waals surface area contributed by atoms with Gasteiger partial charge in [-0.2, -0.15) is 0 Å². The highest BCUT2D eigenvalue weighted by molar-refractivity contribution is 7.17. The van der Waals surface area contributed by atoms with Gasteiger partial charge in [-0.15, -0.1) is 22.7 Å². The van der Waals surface area contributed by atoms with Gasteiger partial charge >= 0.3 is 0 Å². The number of nitrogens with one attached hydrogen (secondary N) is 1. The number of hydrogen-bond acceptors (Lipinski definition) is 6. The van der Waals surface area contributed by atoms with E-state index in [2.05, 4.69) is 29.5 Å². The quantitative estimate of drug-likeness (QED) is 0.872. The molecule has 6 heteroatoms. The summed E-state index contributed by atoms with van der Waals surface area (Å²) in [5.41, 5.74) is 2.05. The van der Waals surface area contributed by atoms with Crippen LogP contribution in [-0.4, -0.2) is 23.1 Å². The minimum Gasteiger partial charge on any atom is -0.378 e. The smallest absolute Gasteiger partial charge is 0.183 e. The van der Waals surface area contributed by atoms with E-state index in [1.165, 1.54) is 22.7 Å². The predicted molar refractivity (Wildman–Crippen MR) is 84.7 cm³/mol. The Labute approximate surface area is 127 Å². The van der Waals surface area contributed by atoms with E-state index in [0.29, 0.717) is 18.6 Å². The Morgan fingerprint density at radius 3 is 2.85 bits per heavy atom. The maximum absolute atomic E-state index is 5.28. The van der Waals surface area contributed by atoms with Crippen molar-refractivity contribution in [1.29, 1.82) is 0 Å². The molecule has 0 bridgehead atoms. The molecular weight excluding hydrogens is 290 g/mol. The van der Waals surface area contributed by atoms with Crippen molar-refractivity contribution < 1.29 is 4.74 Å². The van der Waals surface area contributed by atoms with Crippen LogP contribution in [0.25, 0.3) is 10.6 Å². The maximum atomic E-state index is 5.28. The Morgan fingerprint density at radius 1 is 1.40 bits per heavy atom. The summed E-state index contributed by atoms with van der Waals surface area (Å²) in [4.78, 5) is 10.6. The first-order valence-corrected chi connectivity index (χ1v) is 8.58. The Balaban J connectivity index is 1.89. The molecule has 2 aromatic heterocycles. The zero-order valence-electron chi connectivity index (χ0n) is 12.0. The number of anilines is 1. The fraction of sp³-hybridized carbons (Fsp3) is 0.571. The number of ether oxygens (including phenoxy) is 1. The molecule has 0 unspecified atom stereocenters. The van der Waals surface area contributed by atoms with Crippen LogP contribution in [0, 0.1) is 0 Å². The lowest BCUT2D eigenvalue weighted by Crippen LogP contribution is -2.08. The second-order valence-corrected chi connectivity index (χ2v) is 7.26.